The van der Waals surface area contributed by atoms with Crippen molar-refractivity contribution in [1.29, 1.82) is 0 Å². The van der Waals surface area contributed by atoms with Gasteiger partial charge in [0.25, 0.3) is 0 Å². The second-order valence-electron chi connectivity index (χ2n) is 6.00. The average Bonchev–Trinajstić information content (AvgIpc) is 3.21. The Morgan fingerprint density at radius 3 is 2.79 bits per heavy atom. The van der Waals surface area contributed by atoms with Gasteiger partial charge in [0, 0.05) is 37.6 Å². The molecule has 4 heteroatoms. The maximum Gasteiger partial charge on any atom is 0.160 e. The fourth-order valence-corrected chi connectivity index (χ4v) is 2.76. The van der Waals surface area contributed by atoms with E-state index in [1.165, 1.54) is 29.8 Å². The van der Waals surface area contributed by atoms with Crippen molar-refractivity contribution in [2.75, 3.05) is 13.2 Å². The predicted molar refractivity (Wildman–Crippen MR) is 74.1 cm³/mol. The van der Waals surface area contributed by atoms with Gasteiger partial charge in [-0.1, -0.05) is 0 Å². The van der Waals surface area contributed by atoms with Crippen LogP contribution < -0.4 is 5.32 Å². The van der Waals surface area contributed by atoms with Crippen LogP contribution >= 0.6 is 0 Å². The van der Waals surface area contributed by atoms with Gasteiger partial charge in [-0.25, -0.2) is 9.97 Å². The number of rotatable bonds is 4. The van der Waals surface area contributed by atoms with Crippen molar-refractivity contribution in [2.45, 2.75) is 58.1 Å². The second kappa shape index (κ2) is 4.84. The number of ether oxygens (including phenoxy) is 1. The van der Waals surface area contributed by atoms with Crippen LogP contribution in [0.3, 0.4) is 0 Å². The van der Waals surface area contributed by atoms with Gasteiger partial charge < -0.3 is 10.1 Å². The molecule has 104 valence electrons. The molecule has 0 saturated heterocycles. The zero-order valence-corrected chi connectivity index (χ0v) is 12.1. The van der Waals surface area contributed by atoms with E-state index in [9.17, 15) is 0 Å². The SMILES string of the molecule is CCOC(C)(C)c1nc2c(c(C3CC3)n1)CNCC2. The number of fused-ring (bicyclic) bond motifs is 1. The maximum atomic E-state index is 5.82. The minimum Gasteiger partial charge on any atom is -0.368 e. The lowest BCUT2D eigenvalue weighted by atomic mass is 10.0. The molecule has 1 N–H and O–H groups in total. The summed E-state index contributed by atoms with van der Waals surface area (Å²) in [6.45, 7) is 8.78. The molecule has 3 rings (SSSR count). The summed E-state index contributed by atoms with van der Waals surface area (Å²) in [5.41, 5.74) is 3.47. The first-order chi connectivity index (χ1) is 9.12. The third-order valence-corrected chi connectivity index (χ3v) is 3.97. The molecular formula is C15H23N3O. The Morgan fingerprint density at radius 2 is 2.11 bits per heavy atom. The van der Waals surface area contributed by atoms with Crippen molar-refractivity contribution < 1.29 is 4.74 Å². The van der Waals surface area contributed by atoms with Crippen LogP contribution in [-0.4, -0.2) is 23.1 Å². The molecular weight excluding hydrogens is 238 g/mol. The Bertz CT molecular complexity index is 481. The molecule has 0 unspecified atom stereocenters. The van der Waals surface area contributed by atoms with Crippen LogP contribution in [0.2, 0.25) is 0 Å². The van der Waals surface area contributed by atoms with Gasteiger partial charge in [0.15, 0.2) is 5.82 Å². The summed E-state index contributed by atoms with van der Waals surface area (Å²) in [6.07, 6.45) is 3.56. The van der Waals surface area contributed by atoms with Crippen LogP contribution in [0.15, 0.2) is 0 Å². The van der Waals surface area contributed by atoms with E-state index < -0.39 is 5.60 Å². The molecule has 0 bridgehead atoms. The van der Waals surface area contributed by atoms with E-state index in [0.29, 0.717) is 12.5 Å². The van der Waals surface area contributed by atoms with Gasteiger partial charge in [-0.3, -0.25) is 0 Å². The summed E-state index contributed by atoms with van der Waals surface area (Å²) in [5, 5.41) is 3.44. The first kappa shape index (κ1) is 13.0. The third kappa shape index (κ3) is 2.51. The van der Waals surface area contributed by atoms with E-state index in [1.54, 1.807) is 0 Å². The number of aromatic nitrogens is 2. The van der Waals surface area contributed by atoms with E-state index in [0.717, 1.165) is 25.3 Å². The molecule has 2 heterocycles. The van der Waals surface area contributed by atoms with Gasteiger partial charge >= 0.3 is 0 Å². The summed E-state index contributed by atoms with van der Waals surface area (Å²) in [5.74, 6) is 1.52. The Kier molecular flexibility index (Phi) is 3.31. The number of hydrogen-bond acceptors (Lipinski definition) is 4. The van der Waals surface area contributed by atoms with Gasteiger partial charge in [0.1, 0.15) is 5.60 Å². The van der Waals surface area contributed by atoms with E-state index in [1.807, 2.05) is 6.92 Å². The van der Waals surface area contributed by atoms with E-state index >= 15 is 0 Å². The molecule has 2 aliphatic rings. The van der Waals surface area contributed by atoms with E-state index in [-0.39, 0.29) is 0 Å². The van der Waals surface area contributed by atoms with Crippen LogP contribution in [-0.2, 0) is 23.3 Å². The quantitative estimate of drug-likeness (QED) is 0.903. The number of nitrogens with one attached hydrogen (secondary N) is 1. The first-order valence-corrected chi connectivity index (χ1v) is 7.36. The number of nitrogens with zero attached hydrogens (tertiary/aromatic N) is 2. The van der Waals surface area contributed by atoms with Crippen molar-refractivity contribution in [3.05, 3.63) is 22.8 Å². The van der Waals surface area contributed by atoms with Gasteiger partial charge in [0.05, 0.1) is 11.4 Å². The molecule has 0 aromatic carbocycles. The molecule has 0 amide bonds. The minimum absolute atomic E-state index is 0.391. The average molecular weight is 261 g/mol. The lowest BCUT2D eigenvalue weighted by Crippen LogP contribution is -2.31. The molecule has 0 radical (unpaired) electrons. The van der Waals surface area contributed by atoms with Gasteiger partial charge in [-0.05, 0) is 33.6 Å². The van der Waals surface area contributed by atoms with Crippen molar-refractivity contribution in [3.8, 4) is 0 Å². The van der Waals surface area contributed by atoms with Crippen LogP contribution in [0.5, 0.6) is 0 Å². The zero-order valence-electron chi connectivity index (χ0n) is 12.1. The van der Waals surface area contributed by atoms with Gasteiger partial charge in [-0.2, -0.15) is 0 Å². The molecule has 1 saturated carbocycles. The van der Waals surface area contributed by atoms with E-state index in [4.69, 9.17) is 14.7 Å². The van der Waals surface area contributed by atoms with Crippen LogP contribution in [0.1, 0.15) is 62.3 Å². The standard InChI is InChI=1S/C15H23N3O/c1-4-19-15(2,3)14-17-12-7-8-16-9-11(12)13(18-14)10-5-6-10/h10,16H,4-9H2,1-3H3. The highest BCUT2D eigenvalue weighted by atomic mass is 16.5. The topological polar surface area (TPSA) is 47.0 Å². The molecule has 0 atom stereocenters. The molecule has 0 spiro atoms. The highest BCUT2D eigenvalue weighted by Crippen LogP contribution is 2.42. The smallest absolute Gasteiger partial charge is 0.160 e. The zero-order chi connectivity index (χ0) is 13.5. The Morgan fingerprint density at radius 1 is 1.32 bits per heavy atom. The minimum atomic E-state index is -0.391. The third-order valence-electron chi connectivity index (χ3n) is 3.97. The fourth-order valence-electron chi connectivity index (χ4n) is 2.76. The maximum absolute atomic E-state index is 5.82. The van der Waals surface area contributed by atoms with E-state index in [2.05, 4.69) is 19.2 Å². The largest absolute Gasteiger partial charge is 0.368 e. The lowest BCUT2D eigenvalue weighted by Gasteiger charge is -2.27. The summed E-state index contributed by atoms with van der Waals surface area (Å²) in [7, 11) is 0. The highest BCUT2D eigenvalue weighted by Gasteiger charge is 2.33. The van der Waals surface area contributed by atoms with Crippen LogP contribution in [0, 0.1) is 0 Å². The second-order valence-corrected chi connectivity index (χ2v) is 6.00. The summed E-state index contributed by atoms with van der Waals surface area (Å²) in [4.78, 5) is 9.66. The molecule has 1 aromatic heterocycles. The van der Waals surface area contributed by atoms with Crippen molar-refractivity contribution >= 4 is 0 Å². The van der Waals surface area contributed by atoms with Crippen molar-refractivity contribution in [1.82, 2.24) is 15.3 Å². The first-order valence-electron chi connectivity index (χ1n) is 7.36. The van der Waals surface area contributed by atoms with Crippen LogP contribution in [0.25, 0.3) is 0 Å². The summed E-state index contributed by atoms with van der Waals surface area (Å²) < 4.78 is 5.82. The summed E-state index contributed by atoms with van der Waals surface area (Å²) in [6, 6.07) is 0. The monoisotopic (exact) mass is 261 g/mol. The van der Waals surface area contributed by atoms with Crippen LogP contribution in [0.4, 0.5) is 0 Å². The van der Waals surface area contributed by atoms with Gasteiger partial charge in [0.2, 0.25) is 0 Å². The molecule has 4 nitrogen and oxygen atoms in total. The molecule has 19 heavy (non-hydrogen) atoms. The molecule has 1 aromatic rings. The Hall–Kier alpha value is -1.00. The predicted octanol–water partition coefficient (Wildman–Crippen LogP) is 2.27. The Labute approximate surface area is 115 Å². The van der Waals surface area contributed by atoms with Crippen molar-refractivity contribution in [3.63, 3.8) is 0 Å². The molecule has 1 fully saturated rings. The lowest BCUT2D eigenvalue weighted by molar-refractivity contribution is -0.0211. The highest BCUT2D eigenvalue weighted by molar-refractivity contribution is 5.33. The molecule has 1 aliphatic carbocycles. The fraction of sp³-hybridized carbons (Fsp3) is 0.733. The normalized spacial score (nSPS) is 19.3. The number of hydrogen-bond donors (Lipinski definition) is 1. The van der Waals surface area contributed by atoms with Gasteiger partial charge in [-0.15, -0.1) is 0 Å². The summed E-state index contributed by atoms with van der Waals surface area (Å²) >= 11 is 0. The molecule has 1 aliphatic heterocycles. The van der Waals surface area contributed by atoms with Crippen molar-refractivity contribution in [2.24, 2.45) is 0 Å². The Balaban J connectivity index is 2.04.